The summed E-state index contributed by atoms with van der Waals surface area (Å²) in [5, 5.41) is 3.66. The van der Waals surface area contributed by atoms with Crippen molar-refractivity contribution in [2.75, 3.05) is 7.11 Å². The predicted octanol–water partition coefficient (Wildman–Crippen LogP) is 2.90. The van der Waals surface area contributed by atoms with E-state index in [1.54, 1.807) is 0 Å². The summed E-state index contributed by atoms with van der Waals surface area (Å²) in [6.45, 7) is -0.0356. The quantitative estimate of drug-likeness (QED) is 0.644. The van der Waals surface area contributed by atoms with Crippen LogP contribution in [-0.2, 0) is 11.3 Å². The fraction of sp³-hybridized carbons (Fsp3) is 0.167. The Bertz CT molecular complexity index is 673. The van der Waals surface area contributed by atoms with Crippen LogP contribution in [0.3, 0.4) is 0 Å². The highest BCUT2D eigenvalue weighted by Gasteiger charge is 2.20. The molecule has 4 nitrogen and oxygen atoms in total. The maximum absolute atomic E-state index is 13.7. The molecule has 0 saturated carbocycles. The van der Waals surface area contributed by atoms with E-state index in [0.717, 1.165) is 4.68 Å². The zero-order chi connectivity index (χ0) is 14.9. The Kier molecular flexibility index (Phi) is 4.10. The second kappa shape index (κ2) is 5.64. The fourth-order valence-corrected chi connectivity index (χ4v) is 1.93. The van der Waals surface area contributed by atoms with Gasteiger partial charge in [0.1, 0.15) is 16.5 Å². The molecule has 0 unspecified atom stereocenters. The van der Waals surface area contributed by atoms with Gasteiger partial charge in [0.2, 0.25) is 0 Å². The van der Waals surface area contributed by atoms with Crippen molar-refractivity contribution in [3.63, 3.8) is 0 Å². The van der Waals surface area contributed by atoms with Crippen LogP contribution in [0.15, 0.2) is 12.1 Å². The van der Waals surface area contributed by atoms with Crippen molar-refractivity contribution in [1.82, 2.24) is 9.78 Å². The van der Waals surface area contributed by atoms with Crippen molar-refractivity contribution in [3.8, 4) is 5.69 Å². The van der Waals surface area contributed by atoms with Crippen molar-refractivity contribution in [2.24, 2.45) is 0 Å². The first kappa shape index (κ1) is 14.5. The number of methoxy groups -OCH3 is 1. The van der Waals surface area contributed by atoms with Crippen LogP contribution in [0, 0.1) is 17.5 Å². The van der Waals surface area contributed by atoms with Gasteiger partial charge in [-0.1, -0.05) is 11.6 Å². The molecule has 1 aromatic heterocycles. The van der Waals surface area contributed by atoms with Gasteiger partial charge in [-0.05, 0) is 0 Å². The van der Waals surface area contributed by atoms with Crippen molar-refractivity contribution in [3.05, 3.63) is 46.0 Å². The minimum absolute atomic E-state index is 0.00218. The lowest BCUT2D eigenvalue weighted by molar-refractivity contribution is 0.111. The number of carbonyl (C=O) groups is 1. The molecule has 2 rings (SSSR count). The Morgan fingerprint density at radius 1 is 1.30 bits per heavy atom. The molecule has 0 spiro atoms. The lowest BCUT2D eigenvalue weighted by Gasteiger charge is -2.05. The van der Waals surface area contributed by atoms with Gasteiger partial charge in [0.15, 0.2) is 23.7 Å². The summed E-state index contributed by atoms with van der Waals surface area (Å²) >= 11 is 5.89. The molecule has 0 amide bonds. The molecule has 2 aromatic rings. The number of nitrogens with zero attached hydrogens (tertiary/aromatic N) is 2. The summed E-state index contributed by atoms with van der Waals surface area (Å²) in [5.74, 6) is -3.65. The Balaban J connectivity index is 2.64. The minimum atomic E-state index is -1.33. The summed E-state index contributed by atoms with van der Waals surface area (Å²) in [5.41, 5.74) is -0.242. The molecular formula is C12H8ClF3N2O2. The van der Waals surface area contributed by atoms with E-state index < -0.39 is 23.1 Å². The van der Waals surface area contributed by atoms with Gasteiger partial charge < -0.3 is 4.74 Å². The second-order valence-corrected chi connectivity index (χ2v) is 4.19. The normalized spacial score (nSPS) is 10.8. The summed E-state index contributed by atoms with van der Waals surface area (Å²) in [7, 11) is 1.37. The van der Waals surface area contributed by atoms with Crippen LogP contribution in [-0.4, -0.2) is 23.2 Å². The van der Waals surface area contributed by atoms with Gasteiger partial charge in [0, 0.05) is 19.2 Å². The van der Waals surface area contributed by atoms with Gasteiger partial charge in [0.05, 0.1) is 12.2 Å². The number of hydrogen-bond acceptors (Lipinski definition) is 3. The number of ether oxygens (including phenoxy) is 1. The lowest BCUT2D eigenvalue weighted by Crippen LogP contribution is -2.03. The summed E-state index contributed by atoms with van der Waals surface area (Å²) in [6.07, 6.45) is 0.429. The van der Waals surface area contributed by atoms with E-state index in [0.29, 0.717) is 18.4 Å². The number of aldehydes is 1. The third-order valence-electron chi connectivity index (χ3n) is 2.56. The van der Waals surface area contributed by atoms with Crippen molar-refractivity contribution in [1.29, 1.82) is 0 Å². The number of benzene rings is 1. The molecule has 20 heavy (non-hydrogen) atoms. The largest absolute Gasteiger partial charge is 0.378 e. The third-order valence-corrected chi connectivity index (χ3v) is 2.92. The molecule has 106 valence electrons. The number of carbonyl (C=O) groups excluding carboxylic acids is 1. The van der Waals surface area contributed by atoms with Gasteiger partial charge in [-0.2, -0.15) is 5.10 Å². The third kappa shape index (κ3) is 2.41. The number of rotatable bonds is 4. The van der Waals surface area contributed by atoms with Crippen LogP contribution in [0.4, 0.5) is 13.2 Å². The maximum Gasteiger partial charge on any atom is 0.161 e. The summed E-state index contributed by atoms with van der Waals surface area (Å²) in [6, 6.07) is 0.980. The average Bonchev–Trinajstić information content (AvgIpc) is 2.71. The highest BCUT2D eigenvalue weighted by atomic mass is 35.5. The van der Waals surface area contributed by atoms with Gasteiger partial charge in [-0.25, -0.2) is 17.9 Å². The Labute approximate surface area is 116 Å². The molecule has 0 N–H and O–H groups in total. The van der Waals surface area contributed by atoms with Crippen LogP contribution < -0.4 is 0 Å². The van der Waals surface area contributed by atoms with Gasteiger partial charge in [-0.3, -0.25) is 4.79 Å². The fourth-order valence-electron chi connectivity index (χ4n) is 1.65. The maximum atomic E-state index is 13.7. The Morgan fingerprint density at radius 2 is 1.95 bits per heavy atom. The summed E-state index contributed by atoms with van der Waals surface area (Å²) in [4.78, 5) is 11.0. The predicted molar refractivity (Wildman–Crippen MR) is 64.5 cm³/mol. The number of hydrogen-bond donors (Lipinski definition) is 0. The highest BCUT2D eigenvalue weighted by Crippen LogP contribution is 2.25. The number of aromatic nitrogens is 2. The van der Waals surface area contributed by atoms with Crippen molar-refractivity contribution < 1.29 is 22.7 Å². The standard InChI is InChI=1S/C12H8ClF3N2O2/c1-20-5-10-6(4-19)12(13)18(17-10)11-3-8(15)7(14)2-9(11)16/h2-4H,5H2,1H3. The minimum Gasteiger partial charge on any atom is -0.378 e. The smallest absolute Gasteiger partial charge is 0.161 e. The Hall–Kier alpha value is -1.86. The molecule has 0 fully saturated rings. The van der Waals surface area contributed by atoms with E-state index in [2.05, 4.69) is 5.10 Å². The van der Waals surface area contributed by atoms with Crippen LogP contribution in [0.2, 0.25) is 5.15 Å². The molecule has 1 heterocycles. The van der Waals surface area contributed by atoms with E-state index in [1.165, 1.54) is 7.11 Å². The molecular weight excluding hydrogens is 297 g/mol. The molecule has 0 saturated heterocycles. The molecule has 0 bridgehead atoms. The second-order valence-electron chi connectivity index (χ2n) is 3.83. The topological polar surface area (TPSA) is 44.1 Å². The Morgan fingerprint density at radius 3 is 2.55 bits per heavy atom. The van der Waals surface area contributed by atoms with Gasteiger partial charge in [-0.15, -0.1) is 0 Å². The molecule has 0 radical (unpaired) electrons. The van der Waals surface area contributed by atoms with Crippen LogP contribution in [0.1, 0.15) is 16.1 Å². The van der Waals surface area contributed by atoms with Gasteiger partial charge in [0.25, 0.3) is 0 Å². The molecule has 8 heteroatoms. The van der Waals surface area contributed by atoms with Crippen molar-refractivity contribution in [2.45, 2.75) is 6.61 Å². The molecule has 0 atom stereocenters. The van der Waals surface area contributed by atoms with Crippen molar-refractivity contribution >= 4 is 17.9 Å². The van der Waals surface area contributed by atoms with Crippen LogP contribution in [0.5, 0.6) is 0 Å². The monoisotopic (exact) mass is 304 g/mol. The first-order valence-electron chi connectivity index (χ1n) is 5.36. The van der Waals surface area contributed by atoms with E-state index >= 15 is 0 Å². The summed E-state index contributed by atoms with van der Waals surface area (Å²) < 4.78 is 45.4. The van der Waals surface area contributed by atoms with Crippen LogP contribution >= 0.6 is 11.6 Å². The van der Waals surface area contributed by atoms with E-state index in [-0.39, 0.29) is 23.0 Å². The zero-order valence-electron chi connectivity index (χ0n) is 10.2. The average molecular weight is 305 g/mol. The highest BCUT2D eigenvalue weighted by molar-refractivity contribution is 6.32. The van der Waals surface area contributed by atoms with Crippen LogP contribution in [0.25, 0.3) is 5.69 Å². The molecule has 0 aliphatic heterocycles. The lowest BCUT2D eigenvalue weighted by atomic mass is 10.2. The SMILES string of the molecule is COCc1nn(-c2cc(F)c(F)cc2F)c(Cl)c1C=O. The van der Waals surface area contributed by atoms with E-state index in [9.17, 15) is 18.0 Å². The zero-order valence-corrected chi connectivity index (χ0v) is 10.9. The number of halogens is 4. The molecule has 0 aliphatic rings. The van der Waals surface area contributed by atoms with E-state index in [4.69, 9.17) is 16.3 Å². The first-order chi connectivity index (χ1) is 9.49. The molecule has 1 aromatic carbocycles. The van der Waals surface area contributed by atoms with Gasteiger partial charge >= 0.3 is 0 Å². The van der Waals surface area contributed by atoms with E-state index in [1.807, 2.05) is 0 Å². The molecule has 0 aliphatic carbocycles. The first-order valence-corrected chi connectivity index (χ1v) is 5.73.